The lowest BCUT2D eigenvalue weighted by Gasteiger charge is -2.07. The van der Waals surface area contributed by atoms with Crippen LogP contribution in [0.25, 0.3) is 0 Å². The van der Waals surface area contributed by atoms with Crippen LogP contribution < -0.4 is 10.1 Å². The Kier molecular flexibility index (Phi) is 4.63. The summed E-state index contributed by atoms with van der Waals surface area (Å²) in [6.45, 7) is 2.38. The van der Waals surface area contributed by atoms with Crippen molar-refractivity contribution in [2.24, 2.45) is 0 Å². The van der Waals surface area contributed by atoms with E-state index < -0.39 is 0 Å². The molecule has 1 amide bonds. The van der Waals surface area contributed by atoms with Crippen molar-refractivity contribution in [2.45, 2.75) is 13.5 Å². The summed E-state index contributed by atoms with van der Waals surface area (Å²) in [7, 11) is 0. The molecule has 0 bridgehead atoms. The van der Waals surface area contributed by atoms with Gasteiger partial charge in [0.1, 0.15) is 12.4 Å². The highest BCUT2D eigenvalue weighted by atomic mass is 32.1. The van der Waals surface area contributed by atoms with Crippen LogP contribution in [0.1, 0.15) is 21.1 Å². The fraction of sp³-hybridized carbons (Fsp3) is 0.118. The molecular weight excluding hydrogens is 310 g/mol. The summed E-state index contributed by atoms with van der Waals surface area (Å²) in [6.07, 6.45) is 3.26. The number of anilines is 1. The van der Waals surface area contributed by atoms with Crippen LogP contribution in [-0.4, -0.2) is 15.9 Å². The minimum absolute atomic E-state index is 0.181. The summed E-state index contributed by atoms with van der Waals surface area (Å²) in [5.41, 5.74) is 2.13. The van der Waals surface area contributed by atoms with Gasteiger partial charge in [-0.2, -0.15) is 0 Å². The van der Waals surface area contributed by atoms with Crippen LogP contribution in [0.2, 0.25) is 0 Å². The number of hydrogen-bond donors (Lipinski definition) is 1. The van der Waals surface area contributed by atoms with Crippen LogP contribution in [0.5, 0.6) is 5.75 Å². The monoisotopic (exact) mass is 325 g/mol. The molecule has 0 aliphatic carbocycles. The van der Waals surface area contributed by atoms with Gasteiger partial charge in [-0.25, -0.2) is 4.98 Å². The summed E-state index contributed by atoms with van der Waals surface area (Å²) >= 11 is 1.60. The molecule has 0 saturated carbocycles. The van der Waals surface area contributed by atoms with E-state index in [0.717, 1.165) is 10.7 Å². The molecule has 5 nitrogen and oxygen atoms in total. The van der Waals surface area contributed by atoms with Gasteiger partial charge in [0.15, 0.2) is 0 Å². The predicted octanol–water partition coefficient (Wildman–Crippen LogP) is 3.68. The van der Waals surface area contributed by atoms with Crippen LogP contribution >= 0.6 is 11.3 Å². The van der Waals surface area contributed by atoms with Gasteiger partial charge in [-0.05, 0) is 43.3 Å². The van der Waals surface area contributed by atoms with E-state index in [4.69, 9.17) is 4.74 Å². The molecule has 23 heavy (non-hydrogen) atoms. The van der Waals surface area contributed by atoms with Crippen molar-refractivity contribution in [1.82, 2.24) is 9.97 Å². The van der Waals surface area contributed by atoms with Crippen LogP contribution in [-0.2, 0) is 6.61 Å². The maximum absolute atomic E-state index is 12.1. The zero-order valence-corrected chi connectivity index (χ0v) is 13.3. The highest BCUT2D eigenvalue weighted by Crippen LogP contribution is 2.16. The van der Waals surface area contributed by atoms with Gasteiger partial charge in [0, 0.05) is 17.1 Å². The number of nitrogens with zero attached hydrogens (tertiary/aromatic N) is 2. The maximum Gasteiger partial charge on any atom is 0.255 e. The van der Waals surface area contributed by atoms with Crippen molar-refractivity contribution in [2.75, 3.05) is 5.32 Å². The first kappa shape index (κ1) is 15.2. The molecule has 1 N–H and O–H groups in total. The van der Waals surface area contributed by atoms with Gasteiger partial charge < -0.3 is 10.1 Å². The zero-order valence-electron chi connectivity index (χ0n) is 12.5. The van der Waals surface area contributed by atoms with Crippen molar-refractivity contribution in [1.29, 1.82) is 0 Å². The number of amides is 1. The molecular formula is C17H15N3O2S. The summed E-state index contributed by atoms with van der Waals surface area (Å²) in [5, 5.41) is 5.78. The number of rotatable bonds is 5. The largest absolute Gasteiger partial charge is 0.487 e. The number of nitrogens with one attached hydrogen (secondary N) is 1. The smallest absolute Gasteiger partial charge is 0.255 e. The Hall–Kier alpha value is -2.73. The van der Waals surface area contributed by atoms with E-state index in [1.165, 1.54) is 0 Å². The standard InChI is InChI=1S/C17H15N3O2S/c1-12-19-15(11-23-12)10-22-16-6-4-13(5-7-16)17(21)20-14-3-2-8-18-9-14/h2-9,11H,10H2,1H3,(H,20,21). The minimum Gasteiger partial charge on any atom is -0.487 e. The van der Waals surface area contributed by atoms with Gasteiger partial charge >= 0.3 is 0 Å². The first-order valence-corrected chi connectivity index (χ1v) is 7.94. The lowest BCUT2D eigenvalue weighted by molar-refractivity contribution is 0.102. The van der Waals surface area contributed by atoms with E-state index in [0.29, 0.717) is 23.6 Å². The molecule has 2 heterocycles. The Balaban J connectivity index is 1.59. The molecule has 1 aromatic carbocycles. The molecule has 0 saturated heterocycles. The molecule has 0 unspecified atom stereocenters. The molecule has 0 spiro atoms. The average molecular weight is 325 g/mol. The highest BCUT2D eigenvalue weighted by molar-refractivity contribution is 7.09. The lowest BCUT2D eigenvalue weighted by Crippen LogP contribution is -2.11. The third-order valence-electron chi connectivity index (χ3n) is 3.09. The van der Waals surface area contributed by atoms with Gasteiger partial charge in [0.2, 0.25) is 0 Å². The molecule has 0 fully saturated rings. The van der Waals surface area contributed by atoms with Crippen LogP contribution in [0.15, 0.2) is 54.2 Å². The van der Waals surface area contributed by atoms with Crippen LogP contribution in [0.4, 0.5) is 5.69 Å². The molecule has 3 rings (SSSR count). The normalized spacial score (nSPS) is 10.3. The number of carbonyl (C=O) groups excluding carboxylic acids is 1. The molecule has 116 valence electrons. The van der Waals surface area contributed by atoms with Crippen molar-refractivity contribution < 1.29 is 9.53 Å². The highest BCUT2D eigenvalue weighted by Gasteiger charge is 2.06. The van der Waals surface area contributed by atoms with E-state index in [2.05, 4.69) is 15.3 Å². The Morgan fingerprint density at radius 3 is 2.74 bits per heavy atom. The van der Waals surface area contributed by atoms with Crippen LogP contribution in [0, 0.1) is 6.92 Å². The maximum atomic E-state index is 12.1. The second kappa shape index (κ2) is 7.02. The van der Waals surface area contributed by atoms with E-state index in [-0.39, 0.29) is 5.91 Å². The summed E-state index contributed by atoms with van der Waals surface area (Å²) in [6, 6.07) is 10.6. The number of thiazole rings is 1. The van der Waals surface area contributed by atoms with Gasteiger partial charge in [0.25, 0.3) is 5.91 Å². The summed E-state index contributed by atoms with van der Waals surface area (Å²) in [4.78, 5) is 20.4. The molecule has 6 heteroatoms. The van der Waals surface area contributed by atoms with Gasteiger partial charge in [-0.3, -0.25) is 9.78 Å². The Morgan fingerprint density at radius 2 is 2.09 bits per heavy atom. The first-order chi connectivity index (χ1) is 11.2. The molecule has 2 aromatic heterocycles. The number of benzene rings is 1. The molecule has 0 atom stereocenters. The Bertz CT molecular complexity index is 785. The first-order valence-electron chi connectivity index (χ1n) is 7.06. The molecule has 0 aliphatic heterocycles. The lowest BCUT2D eigenvalue weighted by atomic mass is 10.2. The van der Waals surface area contributed by atoms with Crippen LogP contribution in [0.3, 0.4) is 0 Å². The van der Waals surface area contributed by atoms with E-state index >= 15 is 0 Å². The predicted molar refractivity (Wildman–Crippen MR) is 89.8 cm³/mol. The van der Waals surface area contributed by atoms with Gasteiger partial charge in [-0.15, -0.1) is 11.3 Å². The van der Waals surface area contributed by atoms with Gasteiger partial charge in [-0.1, -0.05) is 0 Å². The number of carbonyl (C=O) groups is 1. The summed E-state index contributed by atoms with van der Waals surface area (Å²) in [5.74, 6) is 0.522. The van der Waals surface area contributed by atoms with Crippen molar-refractivity contribution in [3.8, 4) is 5.75 Å². The topological polar surface area (TPSA) is 64.1 Å². The zero-order chi connectivity index (χ0) is 16.1. The second-order valence-electron chi connectivity index (χ2n) is 4.87. The fourth-order valence-corrected chi connectivity index (χ4v) is 2.57. The second-order valence-corrected chi connectivity index (χ2v) is 5.93. The SMILES string of the molecule is Cc1nc(COc2ccc(C(=O)Nc3cccnc3)cc2)cs1. The van der Waals surface area contributed by atoms with Crippen molar-refractivity contribution >= 4 is 22.9 Å². The molecule has 0 aliphatic rings. The number of ether oxygens (including phenoxy) is 1. The Morgan fingerprint density at radius 1 is 1.26 bits per heavy atom. The van der Waals surface area contributed by atoms with Gasteiger partial charge in [0.05, 0.1) is 22.6 Å². The average Bonchev–Trinajstić information content (AvgIpc) is 3.00. The number of aromatic nitrogens is 2. The fourth-order valence-electron chi connectivity index (χ4n) is 1.97. The quantitative estimate of drug-likeness (QED) is 0.777. The third-order valence-corrected chi connectivity index (χ3v) is 3.91. The number of pyridine rings is 1. The summed E-state index contributed by atoms with van der Waals surface area (Å²) < 4.78 is 5.66. The van der Waals surface area contributed by atoms with Crippen molar-refractivity contribution in [3.63, 3.8) is 0 Å². The van der Waals surface area contributed by atoms with E-state index in [1.54, 1.807) is 60.1 Å². The van der Waals surface area contributed by atoms with E-state index in [1.807, 2.05) is 12.3 Å². The molecule has 0 radical (unpaired) electrons. The number of aryl methyl sites for hydroxylation is 1. The Labute approximate surface area is 138 Å². The minimum atomic E-state index is -0.181. The molecule has 3 aromatic rings. The number of hydrogen-bond acceptors (Lipinski definition) is 5. The van der Waals surface area contributed by atoms with Crippen molar-refractivity contribution in [3.05, 3.63) is 70.4 Å². The third kappa shape index (κ3) is 4.14. The van der Waals surface area contributed by atoms with E-state index in [9.17, 15) is 4.79 Å².